The molecule has 1 aromatic heterocycles. The number of nitrogens with one attached hydrogen (secondary N) is 2. The molecular formula is C23H25N5O3S. The van der Waals surface area contributed by atoms with Gasteiger partial charge in [0, 0.05) is 36.1 Å². The molecule has 8 nitrogen and oxygen atoms in total. The number of primary amides is 1. The summed E-state index contributed by atoms with van der Waals surface area (Å²) in [5.41, 5.74) is 8.69. The summed E-state index contributed by atoms with van der Waals surface area (Å²) in [4.78, 5) is 31.1. The van der Waals surface area contributed by atoms with Crippen molar-refractivity contribution < 1.29 is 14.3 Å². The number of hydrogen-bond donors (Lipinski definition) is 3. The van der Waals surface area contributed by atoms with Crippen LogP contribution in [0.4, 0.5) is 15.6 Å². The predicted molar refractivity (Wildman–Crippen MR) is 126 cm³/mol. The highest BCUT2D eigenvalue weighted by atomic mass is 32.1. The number of nitrogens with two attached hydrogens (primary N) is 1. The van der Waals surface area contributed by atoms with Gasteiger partial charge in [-0.25, -0.2) is 9.78 Å². The lowest BCUT2D eigenvalue weighted by molar-refractivity contribution is -0.117. The van der Waals surface area contributed by atoms with Crippen LogP contribution < -0.4 is 21.3 Å². The van der Waals surface area contributed by atoms with E-state index in [9.17, 15) is 9.59 Å². The Morgan fingerprint density at radius 3 is 2.50 bits per heavy atom. The molecule has 2 aromatic carbocycles. The van der Waals surface area contributed by atoms with Gasteiger partial charge >= 0.3 is 6.03 Å². The van der Waals surface area contributed by atoms with Crippen LogP contribution in [0, 0.1) is 0 Å². The molecule has 1 aliphatic rings. The number of carbonyl (C=O) groups is 2. The zero-order valence-corrected chi connectivity index (χ0v) is 18.3. The molecule has 9 heteroatoms. The second kappa shape index (κ2) is 10.3. The number of ether oxygens (including phenoxy) is 1. The molecule has 0 radical (unpaired) electrons. The number of benzene rings is 2. The van der Waals surface area contributed by atoms with E-state index in [-0.39, 0.29) is 5.91 Å². The first-order valence-corrected chi connectivity index (χ1v) is 11.3. The fourth-order valence-corrected chi connectivity index (χ4v) is 4.37. The molecule has 4 rings (SSSR count). The highest BCUT2D eigenvalue weighted by Gasteiger charge is 2.21. The molecule has 166 valence electrons. The van der Waals surface area contributed by atoms with Crippen molar-refractivity contribution in [3.63, 3.8) is 0 Å². The number of carbonyl (C=O) groups excluding carboxylic acids is 2. The number of aromatic nitrogens is 1. The van der Waals surface area contributed by atoms with E-state index in [0.29, 0.717) is 12.1 Å². The van der Waals surface area contributed by atoms with Crippen LogP contribution >= 0.6 is 11.3 Å². The van der Waals surface area contributed by atoms with Crippen molar-refractivity contribution in [1.82, 2.24) is 10.3 Å². The van der Waals surface area contributed by atoms with E-state index in [2.05, 4.69) is 15.5 Å². The van der Waals surface area contributed by atoms with Crippen LogP contribution in [-0.2, 0) is 16.0 Å². The second-order valence-corrected chi connectivity index (χ2v) is 8.27. The van der Waals surface area contributed by atoms with Crippen LogP contribution in [0.15, 0.2) is 60.0 Å². The van der Waals surface area contributed by atoms with Gasteiger partial charge in [0.2, 0.25) is 5.91 Å². The van der Waals surface area contributed by atoms with Gasteiger partial charge in [-0.3, -0.25) is 4.79 Å². The Kier molecular flexibility index (Phi) is 6.98. The molecule has 3 amide bonds. The average molecular weight is 452 g/mol. The first kappa shape index (κ1) is 21.8. The summed E-state index contributed by atoms with van der Waals surface area (Å²) >= 11 is 1.61. The number of hydrogen-bond acceptors (Lipinski definition) is 6. The molecule has 0 bridgehead atoms. The van der Waals surface area contributed by atoms with Gasteiger partial charge in [-0.1, -0.05) is 42.5 Å². The van der Waals surface area contributed by atoms with E-state index in [1.54, 1.807) is 11.3 Å². The highest BCUT2D eigenvalue weighted by molar-refractivity contribution is 7.14. The number of anilines is 2. The summed E-state index contributed by atoms with van der Waals surface area (Å²) in [5.74, 6) is -0.330. The summed E-state index contributed by atoms with van der Waals surface area (Å²) in [6.07, 6.45) is 0.344. The monoisotopic (exact) mass is 451 g/mol. The molecule has 0 saturated carbocycles. The highest BCUT2D eigenvalue weighted by Crippen LogP contribution is 2.28. The minimum atomic E-state index is -0.774. The van der Waals surface area contributed by atoms with Gasteiger partial charge in [-0.2, -0.15) is 0 Å². The molecule has 32 heavy (non-hydrogen) atoms. The Balaban J connectivity index is 1.41. The molecule has 1 atom stereocenters. The minimum Gasteiger partial charge on any atom is -0.378 e. The number of amides is 3. The molecule has 1 unspecified atom stereocenters. The maximum Gasteiger partial charge on any atom is 0.312 e. The summed E-state index contributed by atoms with van der Waals surface area (Å²) in [5, 5.41) is 8.40. The van der Waals surface area contributed by atoms with Crippen LogP contribution in [0.5, 0.6) is 0 Å². The van der Waals surface area contributed by atoms with Crippen molar-refractivity contribution in [3.05, 3.63) is 65.5 Å². The van der Waals surface area contributed by atoms with Crippen molar-refractivity contribution in [2.24, 2.45) is 5.73 Å². The van der Waals surface area contributed by atoms with Crippen LogP contribution in [0.25, 0.3) is 11.3 Å². The summed E-state index contributed by atoms with van der Waals surface area (Å²) in [7, 11) is 0. The van der Waals surface area contributed by atoms with E-state index in [0.717, 1.165) is 48.3 Å². The predicted octanol–water partition coefficient (Wildman–Crippen LogP) is 2.86. The normalized spacial score (nSPS) is 14.6. The summed E-state index contributed by atoms with van der Waals surface area (Å²) in [6, 6.07) is 15.4. The lowest BCUT2D eigenvalue weighted by atomic mass is 10.1. The fourth-order valence-electron chi connectivity index (χ4n) is 3.48. The van der Waals surface area contributed by atoms with Gasteiger partial charge in [0.1, 0.15) is 6.04 Å². The van der Waals surface area contributed by atoms with Crippen molar-refractivity contribution in [1.29, 1.82) is 0 Å². The molecule has 4 N–H and O–H groups in total. The quantitative estimate of drug-likeness (QED) is 0.512. The third-order valence-electron chi connectivity index (χ3n) is 5.14. The van der Waals surface area contributed by atoms with E-state index in [1.165, 1.54) is 0 Å². The SMILES string of the molecule is NC(=O)NC(Cc1ccccc1)C(=O)Nc1ccc(-c2csc(N3CCOCC3)n2)cc1. The molecule has 3 aromatic rings. The topological polar surface area (TPSA) is 110 Å². The van der Waals surface area contributed by atoms with Gasteiger partial charge in [0.05, 0.1) is 18.9 Å². The van der Waals surface area contributed by atoms with Gasteiger partial charge in [0.15, 0.2) is 5.13 Å². The first-order chi connectivity index (χ1) is 15.6. The van der Waals surface area contributed by atoms with Crippen molar-refractivity contribution >= 4 is 34.1 Å². The van der Waals surface area contributed by atoms with Crippen molar-refractivity contribution in [2.75, 3.05) is 36.5 Å². The Morgan fingerprint density at radius 2 is 1.81 bits per heavy atom. The van der Waals surface area contributed by atoms with E-state index in [4.69, 9.17) is 15.5 Å². The fraction of sp³-hybridized carbons (Fsp3) is 0.261. The second-order valence-electron chi connectivity index (χ2n) is 7.43. The molecular weight excluding hydrogens is 426 g/mol. The van der Waals surface area contributed by atoms with Crippen molar-refractivity contribution in [3.8, 4) is 11.3 Å². The minimum absolute atomic E-state index is 0.330. The van der Waals surface area contributed by atoms with Crippen LogP contribution in [0.3, 0.4) is 0 Å². The Morgan fingerprint density at radius 1 is 1.09 bits per heavy atom. The maximum atomic E-state index is 12.8. The molecule has 2 heterocycles. The third kappa shape index (κ3) is 5.63. The van der Waals surface area contributed by atoms with E-state index in [1.807, 2.05) is 60.0 Å². The number of urea groups is 1. The third-order valence-corrected chi connectivity index (χ3v) is 6.04. The Labute approximate surface area is 190 Å². The Hall–Kier alpha value is -3.43. The summed E-state index contributed by atoms with van der Waals surface area (Å²) in [6.45, 7) is 3.14. The molecule has 0 spiro atoms. The van der Waals surface area contributed by atoms with Gasteiger partial charge in [-0.05, 0) is 17.7 Å². The summed E-state index contributed by atoms with van der Waals surface area (Å²) < 4.78 is 5.40. The van der Waals surface area contributed by atoms with Crippen LogP contribution in [0.2, 0.25) is 0 Å². The molecule has 0 aliphatic carbocycles. The van der Waals surface area contributed by atoms with Crippen molar-refractivity contribution in [2.45, 2.75) is 12.5 Å². The zero-order chi connectivity index (χ0) is 22.3. The molecule has 1 saturated heterocycles. The lowest BCUT2D eigenvalue weighted by Crippen LogP contribution is -2.47. The van der Waals surface area contributed by atoms with E-state index >= 15 is 0 Å². The number of thiazole rings is 1. The van der Waals surface area contributed by atoms with Crippen LogP contribution in [0.1, 0.15) is 5.56 Å². The zero-order valence-electron chi connectivity index (χ0n) is 17.5. The molecule has 1 fully saturated rings. The Bertz CT molecular complexity index is 1050. The van der Waals surface area contributed by atoms with Gasteiger partial charge < -0.3 is 26.0 Å². The maximum absolute atomic E-state index is 12.8. The largest absolute Gasteiger partial charge is 0.378 e. The molecule has 1 aliphatic heterocycles. The first-order valence-electron chi connectivity index (χ1n) is 10.4. The van der Waals surface area contributed by atoms with Gasteiger partial charge in [0.25, 0.3) is 0 Å². The smallest absolute Gasteiger partial charge is 0.312 e. The number of morpholine rings is 1. The number of nitrogens with zero attached hydrogens (tertiary/aromatic N) is 2. The van der Waals surface area contributed by atoms with Gasteiger partial charge in [-0.15, -0.1) is 11.3 Å². The standard InChI is InChI=1S/C23H25N5O3S/c24-22(30)26-19(14-16-4-2-1-3-5-16)21(29)25-18-8-6-17(7-9-18)20-15-32-23(27-20)28-10-12-31-13-11-28/h1-9,15,19H,10-14H2,(H,25,29)(H3,24,26,30). The lowest BCUT2D eigenvalue weighted by Gasteiger charge is -2.26. The van der Waals surface area contributed by atoms with E-state index < -0.39 is 12.1 Å². The average Bonchev–Trinajstić information content (AvgIpc) is 3.30. The number of rotatable bonds is 7. The van der Waals surface area contributed by atoms with Crippen LogP contribution in [-0.4, -0.2) is 49.3 Å².